The smallest absolute Gasteiger partial charge is 0.240 e. The van der Waals surface area contributed by atoms with Crippen molar-refractivity contribution >= 4 is 0 Å². The Morgan fingerprint density at radius 1 is 1.25 bits per heavy atom. The summed E-state index contributed by atoms with van der Waals surface area (Å²) >= 11 is 0. The molecule has 3 rings (SSSR count). The summed E-state index contributed by atoms with van der Waals surface area (Å²) in [7, 11) is 0. The first-order valence-electron chi connectivity index (χ1n) is 7.02. The van der Waals surface area contributed by atoms with E-state index in [4.69, 9.17) is 4.52 Å². The van der Waals surface area contributed by atoms with Crippen LogP contribution in [0.2, 0.25) is 0 Å². The van der Waals surface area contributed by atoms with E-state index in [0.717, 1.165) is 24.8 Å². The predicted octanol–water partition coefficient (Wildman–Crippen LogP) is 1.66. The Labute approximate surface area is 118 Å². The van der Waals surface area contributed by atoms with E-state index < -0.39 is 5.60 Å². The summed E-state index contributed by atoms with van der Waals surface area (Å²) < 4.78 is 5.20. The number of hydrogen-bond donors (Lipinski definition) is 2. The molecule has 1 saturated carbocycles. The van der Waals surface area contributed by atoms with Crippen LogP contribution >= 0.6 is 0 Å². The van der Waals surface area contributed by atoms with Crippen LogP contribution in [-0.4, -0.2) is 27.4 Å². The standard InChI is InChI=1S/C15H19N3O2/c19-15(7-4-8-15)11-16-10-14-17-13(18-20-14)9-12-5-2-1-3-6-12/h1-3,5-6,16,19H,4,7-11H2. The summed E-state index contributed by atoms with van der Waals surface area (Å²) in [6, 6.07) is 10.1. The second-order valence-corrected chi connectivity index (χ2v) is 5.45. The van der Waals surface area contributed by atoms with Gasteiger partial charge in [-0.2, -0.15) is 4.98 Å². The molecule has 5 heteroatoms. The predicted molar refractivity (Wildman–Crippen MR) is 74.1 cm³/mol. The minimum Gasteiger partial charge on any atom is -0.389 e. The Hall–Kier alpha value is -1.72. The van der Waals surface area contributed by atoms with Crippen molar-refractivity contribution in [3.63, 3.8) is 0 Å². The average molecular weight is 273 g/mol. The van der Waals surface area contributed by atoms with Crippen molar-refractivity contribution in [3.05, 3.63) is 47.6 Å². The van der Waals surface area contributed by atoms with Gasteiger partial charge in [0.15, 0.2) is 5.82 Å². The molecule has 1 aliphatic rings. The molecule has 5 nitrogen and oxygen atoms in total. The summed E-state index contributed by atoms with van der Waals surface area (Å²) in [6.07, 6.45) is 3.54. The highest BCUT2D eigenvalue weighted by molar-refractivity contribution is 5.18. The summed E-state index contributed by atoms with van der Waals surface area (Å²) in [5.74, 6) is 1.26. The maximum atomic E-state index is 9.96. The molecule has 0 aliphatic heterocycles. The van der Waals surface area contributed by atoms with Gasteiger partial charge < -0.3 is 14.9 Å². The molecular weight excluding hydrogens is 254 g/mol. The molecule has 0 amide bonds. The molecule has 0 radical (unpaired) electrons. The quantitative estimate of drug-likeness (QED) is 0.837. The van der Waals surface area contributed by atoms with Crippen molar-refractivity contribution in [1.29, 1.82) is 0 Å². The number of benzene rings is 1. The van der Waals surface area contributed by atoms with E-state index in [9.17, 15) is 5.11 Å². The van der Waals surface area contributed by atoms with Gasteiger partial charge >= 0.3 is 0 Å². The molecule has 1 aliphatic carbocycles. The molecule has 0 bridgehead atoms. The topological polar surface area (TPSA) is 71.2 Å². The van der Waals surface area contributed by atoms with Gasteiger partial charge in [0.05, 0.1) is 12.1 Å². The van der Waals surface area contributed by atoms with Crippen molar-refractivity contribution in [1.82, 2.24) is 15.5 Å². The Balaban J connectivity index is 1.49. The summed E-state index contributed by atoms with van der Waals surface area (Å²) in [5.41, 5.74) is 0.643. The zero-order chi connectivity index (χ0) is 13.8. The zero-order valence-corrected chi connectivity index (χ0v) is 11.4. The van der Waals surface area contributed by atoms with Gasteiger partial charge in [0, 0.05) is 13.0 Å². The fourth-order valence-corrected chi connectivity index (χ4v) is 2.38. The number of nitrogens with zero attached hydrogens (tertiary/aromatic N) is 2. The molecule has 2 aromatic rings. The van der Waals surface area contributed by atoms with Gasteiger partial charge in [0.1, 0.15) is 0 Å². The summed E-state index contributed by atoms with van der Waals surface area (Å²) in [5, 5.41) is 17.1. The maximum absolute atomic E-state index is 9.96. The van der Waals surface area contributed by atoms with E-state index in [1.165, 1.54) is 0 Å². The average Bonchev–Trinajstić information content (AvgIpc) is 2.85. The lowest BCUT2D eigenvalue weighted by Gasteiger charge is -2.36. The molecule has 0 saturated heterocycles. The lowest BCUT2D eigenvalue weighted by molar-refractivity contribution is -0.0318. The second kappa shape index (κ2) is 5.73. The SMILES string of the molecule is OC1(CNCc2nc(Cc3ccccc3)no2)CCC1. The van der Waals surface area contributed by atoms with Crippen LogP contribution in [0.5, 0.6) is 0 Å². The first kappa shape index (κ1) is 13.3. The second-order valence-electron chi connectivity index (χ2n) is 5.45. The van der Waals surface area contributed by atoms with E-state index in [-0.39, 0.29) is 0 Å². The first-order valence-corrected chi connectivity index (χ1v) is 7.02. The molecule has 106 valence electrons. The lowest BCUT2D eigenvalue weighted by atomic mass is 9.80. The molecular formula is C15H19N3O2. The molecule has 2 N–H and O–H groups in total. The van der Waals surface area contributed by atoms with Crippen LogP contribution in [0, 0.1) is 0 Å². The molecule has 20 heavy (non-hydrogen) atoms. The van der Waals surface area contributed by atoms with Crippen molar-refractivity contribution in [3.8, 4) is 0 Å². The first-order chi connectivity index (χ1) is 9.73. The zero-order valence-electron chi connectivity index (χ0n) is 11.4. The molecule has 1 aromatic heterocycles. The molecule has 1 aromatic carbocycles. The van der Waals surface area contributed by atoms with Crippen LogP contribution in [-0.2, 0) is 13.0 Å². The number of rotatable bonds is 6. The fraction of sp³-hybridized carbons (Fsp3) is 0.467. The molecule has 0 unspecified atom stereocenters. The third-order valence-corrected chi connectivity index (χ3v) is 3.73. The third-order valence-electron chi connectivity index (χ3n) is 3.73. The Bertz CT molecular complexity index is 549. The third kappa shape index (κ3) is 3.23. The normalized spacial score (nSPS) is 16.9. The van der Waals surface area contributed by atoms with E-state index in [2.05, 4.69) is 15.5 Å². The number of hydrogen-bond acceptors (Lipinski definition) is 5. The van der Waals surface area contributed by atoms with Crippen molar-refractivity contribution < 1.29 is 9.63 Å². The van der Waals surface area contributed by atoms with Gasteiger partial charge in [-0.05, 0) is 24.8 Å². The van der Waals surface area contributed by atoms with Crippen LogP contribution in [0.15, 0.2) is 34.9 Å². The maximum Gasteiger partial charge on any atom is 0.240 e. The number of aliphatic hydroxyl groups is 1. The molecule has 0 spiro atoms. The van der Waals surface area contributed by atoms with Gasteiger partial charge in [0.25, 0.3) is 0 Å². The highest BCUT2D eigenvalue weighted by Crippen LogP contribution is 2.30. The molecule has 1 heterocycles. The van der Waals surface area contributed by atoms with Gasteiger partial charge in [-0.3, -0.25) is 0 Å². The van der Waals surface area contributed by atoms with Crippen LogP contribution < -0.4 is 5.32 Å². The van der Waals surface area contributed by atoms with E-state index in [0.29, 0.717) is 31.2 Å². The molecule has 1 fully saturated rings. The number of aromatic nitrogens is 2. The van der Waals surface area contributed by atoms with Crippen molar-refractivity contribution in [2.45, 2.75) is 37.8 Å². The fourth-order valence-electron chi connectivity index (χ4n) is 2.38. The van der Waals surface area contributed by atoms with Crippen LogP contribution in [0.4, 0.5) is 0 Å². The summed E-state index contributed by atoms with van der Waals surface area (Å²) in [6.45, 7) is 1.09. The lowest BCUT2D eigenvalue weighted by Crippen LogP contribution is -2.46. The van der Waals surface area contributed by atoms with Gasteiger partial charge in [0.2, 0.25) is 5.89 Å². The highest BCUT2D eigenvalue weighted by Gasteiger charge is 2.33. The van der Waals surface area contributed by atoms with Gasteiger partial charge in [-0.15, -0.1) is 0 Å². The minimum atomic E-state index is -0.521. The monoisotopic (exact) mass is 273 g/mol. The van der Waals surface area contributed by atoms with Crippen LogP contribution in [0.3, 0.4) is 0 Å². The number of nitrogens with one attached hydrogen (secondary N) is 1. The van der Waals surface area contributed by atoms with Crippen LogP contribution in [0.1, 0.15) is 36.5 Å². The Kier molecular flexibility index (Phi) is 3.80. The van der Waals surface area contributed by atoms with E-state index in [1.807, 2.05) is 30.3 Å². The van der Waals surface area contributed by atoms with Crippen molar-refractivity contribution in [2.75, 3.05) is 6.54 Å². The molecule has 0 atom stereocenters. The largest absolute Gasteiger partial charge is 0.389 e. The minimum absolute atomic E-state index is 0.504. The van der Waals surface area contributed by atoms with Crippen LogP contribution in [0.25, 0.3) is 0 Å². The Morgan fingerprint density at radius 2 is 2.05 bits per heavy atom. The van der Waals surface area contributed by atoms with Gasteiger partial charge in [-0.1, -0.05) is 35.5 Å². The highest BCUT2D eigenvalue weighted by atomic mass is 16.5. The summed E-state index contributed by atoms with van der Waals surface area (Å²) in [4.78, 5) is 4.35. The van der Waals surface area contributed by atoms with Gasteiger partial charge in [-0.25, -0.2) is 0 Å². The Morgan fingerprint density at radius 3 is 2.75 bits per heavy atom. The van der Waals surface area contributed by atoms with E-state index in [1.54, 1.807) is 0 Å². The van der Waals surface area contributed by atoms with E-state index >= 15 is 0 Å². The van der Waals surface area contributed by atoms with Crippen molar-refractivity contribution in [2.24, 2.45) is 0 Å².